The third-order valence-corrected chi connectivity index (χ3v) is 4.64. The molecule has 23 heavy (non-hydrogen) atoms. The van der Waals surface area contributed by atoms with Gasteiger partial charge in [0.25, 0.3) is 0 Å². The van der Waals surface area contributed by atoms with Gasteiger partial charge in [-0.1, -0.05) is 23.1 Å². The largest absolute Gasteiger partial charge is 0.469 e. The van der Waals surface area contributed by atoms with Gasteiger partial charge in [-0.25, -0.2) is 0 Å². The summed E-state index contributed by atoms with van der Waals surface area (Å²) in [5, 5.41) is 19.7. The first kappa shape index (κ1) is 15.7. The van der Waals surface area contributed by atoms with Crippen molar-refractivity contribution in [3.63, 3.8) is 0 Å². The molecule has 0 aliphatic carbocycles. The maximum Gasteiger partial charge on any atom is 0.236 e. The Balaban J connectivity index is 1.70. The topological polar surface area (TPSA) is 98.7 Å². The summed E-state index contributed by atoms with van der Waals surface area (Å²) >= 11 is 2.61. The molecule has 0 aliphatic heterocycles. The van der Waals surface area contributed by atoms with Crippen molar-refractivity contribution in [2.75, 3.05) is 11.1 Å². The molecule has 0 radical (unpaired) electrons. The van der Waals surface area contributed by atoms with Crippen LogP contribution in [0.3, 0.4) is 0 Å². The van der Waals surface area contributed by atoms with E-state index in [9.17, 15) is 4.79 Å². The Bertz CT molecular complexity index is 795. The summed E-state index contributed by atoms with van der Waals surface area (Å²) in [4.78, 5) is 11.9. The van der Waals surface area contributed by atoms with Crippen LogP contribution in [0.4, 0.5) is 5.13 Å². The number of thioether (sulfide) groups is 1. The van der Waals surface area contributed by atoms with E-state index in [2.05, 4.69) is 25.7 Å². The van der Waals surface area contributed by atoms with Gasteiger partial charge in [0.2, 0.25) is 11.0 Å². The zero-order chi connectivity index (χ0) is 16.2. The number of amides is 1. The van der Waals surface area contributed by atoms with E-state index in [0.717, 1.165) is 17.1 Å². The number of furan rings is 1. The van der Waals surface area contributed by atoms with Gasteiger partial charge >= 0.3 is 0 Å². The van der Waals surface area contributed by atoms with Crippen LogP contribution in [0.2, 0.25) is 0 Å². The highest BCUT2D eigenvalue weighted by molar-refractivity contribution is 7.99. The van der Waals surface area contributed by atoms with Crippen LogP contribution in [-0.4, -0.2) is 36.6 Å². The maximum atomic E-state index is 11.9. The molecule has 8 nitrogen and oxygen atoms in total. The van der Waals surface area contributed by atoms with Gasteiger partial charge in [0.1, 0.15) is 11.3 Å². The molecule has 3 heterocycles. The molecule has 0 aliphatic rings. The predicted octanol–water partition coefficient (Wildman–Crippen LogP) is 2.45. The van der Waals surface area contributed by atoms with Gasteiger partial charge in [-0.15, -0.1) is 20.4 Å². The molecule has 1 N–H and O–H groups in total. The number of rotatable bonds is 6. The van der Waals surface area contributed by atoms with Crippen LogP contribution in [0.5, 0.6) is 0 Å². The van der Waals surface area contributed by atoms with Crippen molar-refractivity contribution in [1.82, 2.24) is 25.0 Å². The van der Waals surface area contributed by atoms with Gasteiger partial charge in [0.05, 0.1) is 17.6 Å². The normalized spacial score (nSPS) is 10.9. The first-order valence-corrected chi connectivity index (χ1v) is 8.72. The Labute approximate surface area is 140 Å². The minimum atomic E-state index is -0.154. The van der Waals surface area contributed by atoms with E-state index in [1.54, 1.807) is 11.8 Å². The van der Waals surface area contributed by atoms with Crippen molar-refractivity contribution < 1.29 is 9.21 Å². The molecule has 0 aromatic carbocycles. The lowest BCUT2D eigenvalue weighted by Gasteiger charge is -2.06. The van der Waals surface area contributed by atoms with Crippen molar-refractivity contribution in [2.45, 2.75) is 25.5 Å². The first-order valence-electron chi connectivity index (χ1n) is 6.85. The number of carbonyl (C=O) groups excluding carboxylic acids is 1. The molecule has 3 aromatic heterocycles. The van der Waals surface area contributed by atoms with E-state index in [1.165, 1.54) is 23.1 Å². The van der Waals surface area contributed by atoms with Crippen LogP contribution >= 0.6 is 23.1 Å². The molecule has 0 unspecified atom stereocenters. The Morgan fingerprint density at radius 3 is 2.96 bits per heavy atom. The molecular formula is C13H14N6O2S2. The second-order valence-electron chi connectivity index (χ2n) is 4.52. The van der Waals surface area contributed by atoms with Crippen molar-refractivity contribution in [3.8, 4) is 11.4 Å². The summed E-state index contributed by atoms with van der Waals surface area (Å²) < 4.78 is 7.28. The molecule has 120 valence electrons. The molecule has 3 aromatic rings. The zero-order valence-corrected chi connectivity index (χ0v) is 14.1. The van der Waals surface area contributed by atoms with Crippen LogP contribution < -0.4 is 5.32 Å². The average molecular weight is 350 g/mol. The van der Waals surface area contributed by atoms with E-state index < -0.39 is 0 Å². The van der Waals surface area contributed by atoms with E-state index >= 15 is 0 Å². The predicted molar refractivity (Wildman–Crippen MR) is 87.4 cm³/mol. The summed E-state index contributed by atoms with van der Waals surface area (Å²) in [6.45, 7) is 4.59. The number of hydrogen-bond donors (Lipinski definition) is 1. The third-order valence-electron chi connectivity index (χ3n) is 3.07. The van der Waals surface area contributed by atoms with Crippen molar-refractivity contribution >= 4 is 34.1 Å². The molecule has 1 amide bonds. The minimum absolute atomic E-state index is 0.154. The second kappa shape index (κ2) is 6.92. The fraction of sp³-hybridized carbons (Fsp3) is 0.308. The van der Waals surface area contributed by atoms with E-state index in [-0.39, 0.29) is 11.7 Å². The van der Waals surface area contributed by atoms with E-state index in [0.29, 0.717) is 16.8 Å². The molecule has 0 bridgehead atoms. The summed E-state index contributed by atoms with van der Waals surface area (Å²) in [5.74, 6) is 1.60. The number of nitrogens with one attached hydrogen (secondary N) is 1. The monoisotopic (exact) mass is 350 g/mol. The molecule has 10 heteroatoms. The maximum absolute atomic E-state index is 11.9. The minimum Gasteiger partial charge on any atom is -0.469 e. The standard InChI is InChI=1S/C13H14N6O2S2/c1-3-19-11(9-4-5-21-8(9)2)16-18-13(19)22-6-10(20)15-12-17-14-7-23-12/h4-5,7H,3,6H2,1-2H3,(H,15,17,20). The van der Waals surface area contributed by atoms with Crippen LogP contribution in [0, 0.1) is 6.92 Å². The van der Waals surface area contributed by atoms with Gasteiger partial charge < -0.3 is 8.98 Å². The number of nitrogens with zero attached hydrogens (tertiary/aromatic N) is 5. The van der Waals surface area contributed by atoms with E-state index in [1.807, 2.05) is 24.5 Å². The first-order chi connectivity index (χ1) is 11.2. The molecule has 0 saturated heterocycles. The Morgan fingerprint density at radius 2 is 2.30 bits per heavy atom. The number of aromatic nitrogens is 5. The van der Waals surface area contributed by atoms with Crippen molar-refractivity contribution in [2.24, 2.45) is 0 Å². The van der Waals surface area contributed by atoms with Crippen LogP contribution in [0.15, 0.2) is 27.4 Å². The Morgan fingerprint density at radius 1 is 1.43 bits per heavy atom. The van der Waals surface area contributed by atoms with E-state index in [4.69, 9.17) is 4.42 Å². The van der Waals surface area contributed by atoms with Crippen LogP contribution in [0.1, 0.15) is 12.7 Å². The van der Waals surface area contributed by atoms with Crippen molar-refractivity contribution in [3.05, 3.63) is 23.6 Å². The molecular weight excluding hydrogens is 336 g/mol. The molecule has 0 fully saturated rings. The summed E-state index contributed by atoms with van der Waals surface area (Å²) in [6, 6.07) is 1.86. The highest BCUT2D eigenvalue weighted by atomic mass is 32.2. The number of hydrogen-bond acceptors (Lipinski definition) is 8. The smallest absolute Gasteiger partial charge is 0.236 e. The highest BCUT2D eigenvalue weighted by Gasteiger charge is 2.17. The lowest BCUT2D eigenvalue weighted by Crippen LogP contribution is -2.14. The third kappa shape index (κ3) is 3.42. The van der Waals surface area contributed by atoms with Gasteiger partial charge in [-0.05, 0) is 19.9 Å². The van der Waals surface area contributed by atoms with Gasteiger partial charge in [0, 0.05) is 6.54 Å². The molecule has 0 spiro atoms. The SMILES string of the molecule is CCn1c(SCC(=O)Nc2nncs2)nnc1-c1ccoc1C. The van der Waals surface area contributed by atoms with Crippen molar-refractivity contribution in [1.29, 1.82) is 0 Å². The summed E-state index contributed by atoms with van der Waals surface area (Å²) in [6.07, 6.45) is 1.63. The van der Waals surface area contributed by atoms with Crippen LogP contribution in [-0.2, 0) is 11.3 Å². The fourth-order valence-electron chi connectivity index (χ4n) is 2.01. The van der Waals surface area contributed by atoms with Gasteiger partial charge in [-0.3, -0.25) is 10.1 Å². The van der Waals surface area contributed by atoms with Gasteiger partial charge in [0.15, 0.2) is 11.0 Å². The summed E-state index contributed by atoms with van der Waals surface area (Å²) in [5.41, 5.74) is 2.47. The average Bonchev–Trinajstić information content (AvgIpc) is 3.25. The molecule has 3 rings (SSSR count). The van der Waals surface area contributed by atoms with Crippen LogP contribution in [0.25, 0.3) is 11.4 Å². The molecule has 0 saturated carbocycles. The fourth-order valence-corrected chi connectivity index (χ4v) is 3.27. The lowest BCUT2D eigenvalue weighted by atomic mass is 10.2. The molecule has 0 atom stereocenters. The van der Waals surface area contributed by atoms with Gasteiger partial charge in [-0.2, -0.15) is 0 Å². The Kier molecular flexibility index (Phi) is 4.72. The Hall–Kier alpha value is -2.20. The summed E-state index contributed by atoms with van der Waals surface area (Å²) in [7, 11) is 0. The number of carbonyl (C=O) groups is 1. The highest BCUT2D eigenvalue weighted by Crippen LogP contribution is 2.27. The second-order valence-corrected chi connectivity index (χ2v) is 6.30. The number of anilines is 1. The quantitative estimate of drug-likeness (QED) is 0.682. The lowest BCUT2D eigenvalue weighted by molar-refractivity contribution is -0.113. The zero-order valence-electron chi connectivity index (χ0n) is 12.5. The number of aryl methyl sites for hydroxylation is 1.